The number of likely N-dealkylation sites (N-methyl/N-ethyl adjacent to an activating group) is 1. The number of nitrogens with zero attached hydrogens (tertiary/aromatic N) is 1. The van der Waals surface area contributed by atoms with Crippen LogP contribution in [0.15, 0.2) is 18.2 Å². The van der Waals surface area contributed by atoms with Gasteiger partial charge in [-0.3, -0.25) is 4.79 Å². The van der Waals surface area contributed by atoms with Crippen LogP contribution in [-0.2, 0) is 4.79 Å². The molecule has 1 aromatic carbocycles. The molecule has 18 heavy (non-hydrogen) atoms. The Balaban J connectivity index is 3.15. The number of nitrogen functional groups attached to an aromatic ring is 1. The minimum Gasteiger partial charge on any atom is -0.480 e. The highest BCUT2D eigenvalue weighted by Crippen LogP contribution is 2.20. The van der Waals surface area contributed by atoms with Crippen molar-refractivity contribution in [3.63, 3.8) is 0 Å². The van der Waals surface area contributed by atoms with Crippen molar-refractivity contribution < 1.29 is 19.1 Å². The van der Waals surface area contributed by atoms with E-state index in [0.717, 1.165) is 17.0 Å². The number of benzene rings is 1. The zero-order valence-corrected chi connectivity index (χ0v) is 10.4. The number of halogens is 1. The summed E-state index contributed by atoms with van der Waals surface area (Å²) in [6, 6.07) is 3.39. The fourth-order valence-electron chi connectivity index (χ4n) is 1.29. The van der Waals surface area contributed by atoms with E-state index in [1.165, 1.54) is 27.0 Å². The highest BCUT2D eigenvalue weighted by Gasteiger charge is 2.36. The number of anilines is 1. The van der Waals surface area contributed by atoms with Crippen LogP contribution in [0.5, 0.6) is 0 Å². The van der Waals surface area contributed by atoms with Crippen molar-refractivity contribution in [1.82, 2.24) is 4.90 Å². The van der Waals surface area contributed by atoms with E-state index in [9.17, 15) is 14.0 Å². The summed E-state index contributed by atoms with van der Waals surface area (Å²) in [4.78, 5) is 24.2. The molecule has 0 aliphatic carbocycles. The molecule has 1 rings (SSSR count). The fraction of sp³-hybridized carbons (Fsp3) is 0.333. The average Bonchev–Trinajstić information content (AvgIpc) is 2.30. The van der Waals surface area contributed by atoms with E-state index in [1.807, 2.05) is 0 Å². The first-order valence-electron chi connectivity index (χ1n) is 5.24. The van der Waals surface area contributed by atoms with Crippen molar-refractivity contribution in [2.45, 2.75) is 19.4 Å². The van der Waals surface area contributed by atoms with Gasteiger partial charge in [0.2, 0.25) is 0 Å². The molecule has 6 heteroatoms. The van der Waals surface area contributed by atoms with Gasteiger partial charge in [0, 0.05) is 12.7 Å². The Kier molecular flexibility index (Phi) is 3.59. The fourth-order valence-corrected chi connectivity index (χ4v) is 1.29. The number of carbonyl (C=O) groups is 2. The van der Waals surface area contributed by atoms with Crippen LogP contribution >= 0.6 is 0 Å². The number of aliphatic carboxylic acids is 1. The average molecular weight is 254 g/mol. The summed E-state index contributed by atoms with van der Waals surface area (Å²) in [5, 5.41) is 9.03. The molecule has 0 fully saturated rings. The van der Waals surface area contributed by atoms with E-state index >= 15 is 0 Å². The SMILES string of the molecule is CN(C(=O)c1cc(F)ccc1N)C(C)(C)C(=O)O. The van der Waals surface area contributed by atoms with Gasteiger partial charge in [0.1, 0.15) is 11.4 Å². The molecule has 0 bridgehead atoms. The van der Waals surface area contributed by atoms with Crippen LogP contribution < -0.4 is 5.73 Å². The summed E-state index contributed by atoms with van der Waals surface area (Å²) in [5.74, 6) is -2.40. The lowest BCUT2D eigenvalue weighted by molar-refractivity contribution is -0.147. The molecule has 0 aromatic heterocycles. The van der Waals surface area contributed by atoms with Gasteiger partial charge in [-0.25, -0.2) is 9.18 Å². The molecular weight excluding hydrogens is 239 g/mol. The quantitative estimate of drug-likeness (QED) is 0.797. The van der Waals surface area contributed by atoms with Gasteiger partial charge in [-0.15, -0.1) is 0 Å². The molecule has 3 N–H and O–H groups in total. The van der Waals surface area contributed by atoms with E-state index < -0.39 is 23.2 Å². The Morgan fingerprint density at radius 2 is 1.94 bits per heavy atom. The predicted molar refractivity (Wildman–Crippen MR) is 64.6 cm³/mol. The predicted octanol–water partition coefficient (Wildman–Crippen LogP) is 1.34. The maximum absolute atomic E-state index is 13.1. The van der Waals surface area contributed by atoms with Gasteiger partial charge in [0.15, 0.2) is 0 Å². The summed E-state index contributed by atoms with van der Waals surface area (Å²) >= 11 is 0. The number of hydrogen-bond donors (Lipinski definition) is 2. The van der Waals surface area contributed by atoms with E-state index in [1.54, 1.807) is 0 Å². The maximum Gasteiger partial charge on any atom is 0.329 e. The molecule has 0 saturated heterocycles. The molecule has 98 valence electrons. The van der Waals surface area contributed by atoms with Gasteiger partial charge in [0.25, 0.3) is 5.91 Å². The summed E-state index contributed by atoms with van der Waals surface area (Å²) in [5.41, 5.74) is 4.24. The highest BCUT2D eigenvalue weighted by atomic mass is 19.1. The molecule has 5 nitrogen and oxygen atoms in total. The van der Waals surface area contributed by atoms with Crippen LogP contribution in [0.25, 0.3) is 0 Å². The van der Waals surface area contributed by atoms with Crippen molar-refractivity contribution in [2.75, 3.05) is 12.8 Å². The van der Waals surface area contributed by atoms with E-state index in [-0.39, 0.29) is 11.3 Å². The molecule has 1 aromatic rings. The van der Waals surface area contributed by atoms with Crippen molar-refractivity contribution in [3.05, 3.63) is 29.6 Å². The zero-order chi connectivity index (χ0) is 14.1. The summed E-state index contributed by atoms with van der Waals surface area (Å²) < 4.78 is 13.1. The second kappa shape index (κ2) is 4.64. The molecule has 0 radical (unpaired) electrons. The second-order valence-electron chi connectivity index (χ2n) is 4.46. The van der Waals surface area contributed by atoms with Gasteiger partial charge in [-0.05, 0) is 32.0 Å². The van der Waals surface area contributed by atoms with Crippen LogP contribution in [0, 0.1) is 5.82 Å². The third-order valence-corrected chi connectivity index (χ3v) is 2.91. The highest BCUT2D eigenvalue weighted by molar-refractivity contribution is 6.01. The summed E-state index contributed by atoms with van der Waals surface area (Å²) in [7, 11) is 1.33. The van der Waals surface area contributed by atoms with Crippen LogP contribution in [-0.4, -0.2) is 34.5 Å². The monoisotopic (exact) mass is 254 g/mol. The lowest BCUT2D eigenvalue weighted by Crippen LogP contribution is -2.50. The van der Waals surface area contributed by atoms with Crippen molar-refractivity contribution >= 4 is 17.6 Å². The normalized spacial score (nSPS) is 11.1. The smallest absolute Gasteiger partial charge is 0.329 e. The Morgan fingerprint density at radius 1 is 1.39 bits per heavy atom. The summed E-state index contributed by atoms with van der Waals surface area (Å²) in [6.45, 7) is 2.76. The number of carboxylic acids is 1. The Bertz CT molecular complexity index is 500. The third kappa shape index (κ3) is 2.42. The molecule has 0 aliphatic heterocycles. The lowest BCUT2D eigenvalue weighted by Gasteiger charge is -2.31. The number of rotatable bonds is 3. The largest absolute Gasteiger partial charge is 0.480 e. The number of amides is 1. The van der Waals surface area contributed by atoms with Gasteiger partial charge in [-0.2, -0.15) is 0 Å². The first-order chi connectivity index (χ1) is 8.17. The van der Waals surface area contributed by atoms with Gasteiger partial charge in [-0.1, -0.05) is 0 Å². The molecular formula is C12H15FN2O3. The number of carbonyl (C=O) groups excluding carboxylic acids is 1. The number of hydrogen-bond acceptors (Lipinski definition) is 3. The van der Waals surface area contributed by atoms with Crippen molar-refractivity contribution in [1.29, 1.82) is 0 Å². The molecule has 0 spiro atoms. The number of nitrogens with two attached hydrogens (primary N) is 1. The minimum atomic E-state index is -1.41. The van der Waals surface area contributed by atoms with Gasteiger partial charge >= 0.3 is 5.97 Å². The molecule has 0 saturated carbocycles. The maximum atomic E-state index is 13.1. The van der Waals surface area contributed by atoms with Crippen molar-refractivity contribution in [2.24, 2.45) is 0 Å². The topological polar surface area (TPSA) is 83.6 Å². The molecule has 0 atom stereocenters. The number of carboxylic acid groups (broad SMARTS) is 1. The van der Waals surface area contributed by atoms with E-state index in [0.29, 0.717) is 0 Å². The third-order valence-electron chi connectivity index (χ3n) is 2.91. The molecule has 1 amide bonds. The first kappa shape index (κ1) is 14.0. The van der Waals surface area contributed by atoms with Crippen LogP contribution in [0.2, 0.25) is 0 Å². The second-order valence-corrected chi connectivity index (χ2v) is 4.46. The van der Waals surface area contributed by atoms with Crippen LogP contribution in [0.4, 0.5) is 10.1 Å². The van der Waals surface area contributed by atoms with Gasteiger partial charge < -0.3 is 15.7 Å². The molecule has 0 heterocycles. The zero-order valence-electron chi connectivity index (χ0n) is 10.4. The summed E-state index contributed by atoms with van der Waals surface area (Å²) in [6.07, 6.45) is 0. The molecule has 0 unspecified atom stereocenters. The van der Waals surface area contributed by atoms with Gasteiger partial charge in [0.05, 0.1) is 5.56 Å². The standard InChI is InChI=1S/C12H15FN2O3/c1-12(2,11(17)18)15(3)10(16)8-6-7(13)4-5-9(8)14/h4-6H,14H2,1-3H3,(H,17,18). The lowest BCUT2D eigenvalue weighted by atomic mass is 10.0. The molecule has 0 aliphatic rings. The Hall–Kier alpha value is -2.11. The van der Waals surface area contributed by atoms with E-state index in [2.05, 4.69) is 0 Å². The van der Waals surface area contributed by atoms with E-state index in [4.69, 9.17) is 10.8 Å². The Labute approximate surface area is 104 Å². The Morgan fingerprint density at radius 3 is 2.44 bits per heavy atom. The van der Waals surface area contributed by atoms with Crippen LogP contribution in [0.1, 0.15) is 24.2 Å². The minimum absolute atomic E-state index is 0.0492. The van der Waals surface area contributed by atoms with Crippen LogP contribution in [0.3, 0.4) is 0 Å². The first-order valence-corrected chi connectivity index (χ1v) is 5.24. The van der Waals surface area contributed by atoms with Crippen molar-refractivity contribution in [3.8, 4) is 0 Å².